The molecule has 0 unspecified atom stereocenters. The third-order valence-electron chi connectivity index (χ3n) is 3.05. The van der Waals surface area contributed by atoms with Crippen molar-refractivity contribution >= 4 is 34.6 Å². The van der Waals surface area contributed by atoms with Gasteiger partial charge >= 0.3 is 6.03 Å². The number of urea groups is 1. The first-order valence-electron chi connectivity index (χ1n) is 5.54. The van der Waals surface area contributed by atoms with Gasteiger partial charge in [-0.2, -0.15) is 11.8 Å². The Morgan fingerprint density at radius 1 is 1.44 bits per heavy atom. The number of hydrogen-bond donors (Lipinski definition) is 2. The van der Waals surface area contributed by atoms with Gasteiger partial charge in [0.25, 0.3) is 0 Å². The molecule has 2 N–H and O–H groups in total. The highest BCUT2D eigenvalue weighted by Crippen LogP contribution is 2.33. The topological polar surface area (TPSA) is 58.2 Å². The maximum absolute atomic E-state index is 11.1. The molecule has 6 heteroatoms. The molecule has 0 radical (unpaired) electrons. The first-order chi connectivity index (χ1) is 7.66. The summed E-state index contributed by atoms with van der Waals surface area (Å²) in [6, 6.07) is 0.512. The van der Waals surface area contributed by atoms with Crippen molar-refractivity contribution in [1.82, 2.24) is 10.6 Å². The number of amides is 2. The molecule has 0 aliphatic carbocycles. The van der Waals surface area contributed by atoms with Crippen LogP contribution in [0.4, 0.5) is 4.79 Å². The smallest absolute Gasteiger partial charge is 0.315 e. The molecule has 0 spiro atoms. The van der Waals surface area contributed by atoms with Gasteiger partial charge in [0.1, 0.15) is 0 Å². The minimum atomic E-state index is -0.257. The Balaban J connectivity index is 1.70. The number of nitrogens with one attached hydrogen (secondary N) is 2. The van der Waals surface area contributed by atoms with E-state index in [1.54, 1.807) is 0 Å². The molecular formula is C10H15ClN2O2S. The molecule has 0 aromatic rings. The lowest BCUT2D eigenvalue weighted by Crippen LogP contribution is -2.36. The van der Waals surface area contributed by atoms with E-state index in [-0.39, 0.29) is 23.4 Å². The molecule has 3 atom stereocenters. The molecule has 2 saturated heterocycles. The van der Waals surface area contributed by atoms with E-state index in [1.807, 2.05) is 11.8 Å². The van der Waals surface area contributed by atoms with Crippen LogP contribution in [-0.4, -0.2) is 34.4 Å². The monoisotopic (exact) mass is 262 g/mol. The van der Waals surface area contributed by atoms with E-state index in [9.17, 15) is 9.59 Å². The molecular weight excluding hydrogens is 248 g/mol. The Morgan fingerprint density at radius 3 is 3.00 bits per heavy atom. The number of rotatable bonds is 5. The second-order valence-corrected chi connectivity index (χ2v) is 5.92. The summed E-state index contributed by atoms with van der Waals surface area (Å²) in [7, 11) is 0. The van der Waals surface area contributed by atoms with Crippen molar-refractivity contribution in [3.63, 3.8) is 0 Å². The number of carbonyl (C=O) groups is 2. The van der Waals surface area contributed by atoms with Crippen molar-refractivity contribution in [2.75, 3.05) is 5.75 Å². The molecule has 90 valence electrons. The molecule has 4 nitrogen and oxygen atoms in total. The summed E-state index contributed by atoms with van der Waals surface area (Å²) in [5, 5.41) is 6.08. The van der Waals surface area contributed by atoms with Crippen LogP contribution in [0.25, 0.3) is 0 Å². The van der Waals surface area contributed by atoms with Crippen molar-refractivity contribution in [3.8, 4) is 0 Å². The van der Waals surface area contributed by atoms with Crippen LogP contribution in [0.5, 0.6) is 0 Å². The summed E-state index contributed by atoms with van der Waals surface area (Å²) < 4.78 is 0. The van der Waals surface area contributed by atoms with Gasteiger partial charge in [-0.15, -0.1) is 0 Å². The van der Waals surface area contributed by atoms with Crippen molar-refractivity contribution in [2.24, 2.45) is 0 Å². The predicted molar refractivity (Wildman–Crippen MR) is 64.8 cm³/mol. The van der Waals surface area contributed by atoms with E-state index >= 15 is 0 Å². The SMILES string of the molecule is O=C(Cl)CCCC[C@@H]1SC[C@H]2NC(=O)N[C@H]12. The second kappa shape index (κ2) is 5.27. The van der Waals surface area contributed by atoms with Crippen LogP contribution in [0.1, 0.15) is 25.7 Å². The quantitative estimate of drug-likeness (QED) is 0.448. The summed E-state index contributed by atoms with van der Waals surface area (Å²) in [5.41, 5.74) is 0. The average Bonchev–Trinajstić information content (AvgIpc) is 2.72. The number of halogens is 1. The van der Waals surface area contributed by atoms with E-state index in [4.69, 9.17) is 11.6 Å². The lowest BCUT2D eigenvalue weighted by molar-refractivity contribution is -0.111. The Labute approximate surface area is 104 Å². The lowest BCUT2D eigenvalue weighted by atomic mass is 10.0. The van der Waals surface area contributed by atoms with Gasteiger partial charge in [-0.3, -0.25) is 4.79 Å². The Morgan fingerprint density at radius 2 is 2.25 bits per heavy atom. The molecule has 16 heavy (non-hydrogen) atoms. The van der Waals surface area contributed by atoms with Gasteiger partial charge in [0, 0.05) is 17.4 Å². The van der Waals surface area contributed by atoms with E-state index in [2.05, 4.69) is 10.6 Å². The molecule has 0 saturated carbocycles. The third kappa shape index (κ3) is 2.83. The molecule has 2 fully saturated rings. The fourth-order valence-electron chi connectivity index (χ4n) is 2.25. The van der Waals surface area contributed by atoms with Crippen molar-refractivity contribution in [1.29, 1.82) is 0 Å². The molecule has 2 heterocycles. The average molecular weight is 263 g/mol. The van der Waals surface area contributed by atoms with Gasteiger partial charge in [0.2, 0.25) is 5.24 Å². The van der Waals surface area contributed by atoms with Crippen molar-refractivity contribution < 1.29 is 9.59 Å². The van der Waals surface area contributed by atoms with Crippen LogP contribution >= 0.6 is 23.4 Å². The zero-order valence-electron chi connectivity index (χ0n) is 8.87. The van der Waals surface area contributed by atoms with Gasteiger partial charge in [-0.25, -0.2) is 4.79 Å². The number of thioether (sulfide) groups is 1. The second-order valence-electron chi connectivity index (χ2n) is 4.22. The van der Waals surface area contributed by atoms with Crippen LogP contribution in [0.2, 0.25) is 0 Å². The Bertz CT molecular complexity index is 301. The minimum Gasteiger partial charge on any atom is -0.332 e. The molecule has 2 amide bonds. The summed E-state index contributed by atoms with van der Waals surface area (Å²) >= 11 is 7.17. The number of carbonyl (C=O) groups excluding carboxylic acids is 2. The standard InChI is InChI=1S/C10H15ClN2O2S/c11-8(14)4-2-1-3-7-9-6(5-16-7)12-10(15)13-9/h6-7,9H,1-5H2,(H2,12,13,15)/t6-,7+,9+/m1/s1. The van der Waals surface area contributed by atoms with Gasteiger partial charge < -0.3 is 10.6 Å². The number of hydrogen-bond acceptors (Lipinski definition) is 3. The van der Waals surface area contributed by atoms with Crippen LogP contribution in [0.15, 0.2) is 0 Å². The summed E-state index contributed by atoms with van der Waals surface area (Å²) in [6.07, 6.45) is 3.34. The Kier molecular flexibility index (Phi) is 3.97. The van der Waals surface area contributed by atoms with Gasteiger partial charge in [0.15, 0.2) is 0 Å². The highest BCUT2D eigenvalue weighted by atomic mass is 35.5. The van der Waals surface area contributed by atoms with Crippen LogP contribution < -0.4 is 10.6 Å². The number of unbranched alkanes of at least 4 members (excludes halogenated alkanes) is 1. The van der Waals surface area contributed by atoms with Crippen LogP contribution in [0, 0.1) is 0 Å². The molecule has 2 rings (SSSR count). The fraction of sp³-hybridized carbons (Fsp3) is 0.800. The summed E-state index contributed by atoms with van der Waals surface area (Å²) in [5.74, 6) is 0.989. The first kappa shape index (κ1) is 12.0. The maximum Gasteiger partial charge on any atom is 0.315 e. The highest BCUT2D eigenvalue weighted by molar-refractivity contribution is 8.00. The highest BCUT2D eigenvalue weighted by Gasteiger charge is 2.42. The zero-order chi connectivity index (χ0) is 11.5. The molecule has 2 aliphatic rings. The normalized spacial score (nSPS) is 32.1. The molecule has 0 bridgehead atoms. The molecule has 0 aromatic heterocycles. The van der Waals surface area contributed by atoms with Crippen LogP contribution in [0.3, 0.4) is 0 Å². The maximum atomic E-state index is 11.1. The Hall–Kier alpha value is -0.420. The largest absolute Gasteiger partial charge is 0.332 e. The molecule has 0 aromatic carbocycles. The van der Waals surface area contributed by atoms with Crippen LogP contribution in [-0.2, 0) is 4.79 Å². The first-order valence-corrected chi connectivity index (χ1v) is 6.96. The lowest BCUT2D eigenvalue weighted by Gasteiger charge is -2.16. The van der Waals surface area contributed by atoms with Gasteiger partial charge in [0.05, 0.1) is 12.1 Å². The van der Waals surface area contributed by atoms with Crippen molar-refractivity contribution in [3.05, 3.63) is 0 Å². The predicted octanol–water partition coefficient (Wildman–Crippen LogP) is 1.48. The molecule has 2 aliphatic heterocycles. The van der Waals surface area contributed by atoms with E-state index < -0.39 is 0 Å². The van der Waals surface area contributed by atoms with Gasteiger partial charge in [-0.05, 0) is 24.4 Å². The number of fused-ring (bicyclic) bond motifs is 1. The van der Waals surface area contributed by atoms with E-state index in [1.165, 1.54) is 0 Å². The zero-order valence-corrected chi connectivity index (χ0v) is 10.4. The van der Waals surface area contributed by atoms with E-state index in [0.29, 0.717) is 11.7 Å². The van der Waals surface area contributed by atoms with E-state index in [0.717, 1.165) is 25.0 Å². The third-order valence-corrected chi connectivity index (χ3v) is 4.75. The summed E-state index contributed by atoms with van der Waals surface area (Å²) in [6.45, 7) is 0. The minimum absolute atomic E-state index is 0.0452. The summed E-state index contributed by atoms with van der Waals surface area (Å²) in [4.78, 5) is 21.7. The fourth-order valence-corrected chi connectivity index (χ4v) is 3.93. The van der Waals surface area contributed by atoms with Crippen molar-refractivity contribution in [2.45, 2.75) is 43.0 Å². The van der Waals surface area contributed by atoms with Gasteiger partial charge in [-0.1, -0.05) is 6.42 Å².